The van der Waals surface area contributed by atoms with Gasteiger partial charge in [-0.15, -0.1) is 0 Å². The van der Waals surface area contributed by atoms with Gasteiger partial charge in [-0.3, -0.25) is 0 Å². The number of rotatable bonds is 4. The quantitative estimate of drug-likeness (QED) is 0.779. The van der Waals surface area contributed by atoms with Crippen LogP contribution in [-0.2, 0) is 0 Å². The normalized spacial score (nSPS) is 12.5. The van der Waals surface area contributed by atoms with Crippen LogP contribution in [0.5, 0.6) is 0 Å². The lowest BCUT2D eigenvalue weighted by Gasteiger charge is -2.10. The first-order valence-electron chi connectivity index (χ1n) is 4.33. The summed E-state index contributed by atoms with van der Waals surface area (Å²) in [6.45, 7) is 2.80. The van der Waals surface area contributed by atoms with Gasteiger partial charge in [-0.2, -0.15) is 0 Å². The van der Waals surface area contributed by atoms with Crippen LogP contribution in [0, 0.1) is 0 Å². The van der Waals surface area contributed by atoms with E-state index in [0.29, 0.717) is 5.02 Å². The molecule has 0 saturated carbocycles. The van der Waals surface area contributed by atoms with Crippen LogP contribution < -0.4 is 11.1 Å². The molecule has 1 rings (SSSR count). The van der Waals surface area contributed by atoms with Crippen molar-refractivity contribution in [1.82, 2.24) is 4.98 Å². The van der Waals surface area contributed by atoms with Crippen LogP contribution in [0.1, 0.15) is 13.3 Å². The zero-order chi connectivity index (χ0) is 9.68. The van der Waals surface area contributed by atoms with Crippen LogP contribution in [0.4, 0.5) is 5.82 Å². The maximum Gasteiger partial charge on any atom is 0.126 e. The second-order valence-corrected chi connectivity index (χ2v) is 3.35. The van der Waals surface area contributed by atoms with E-state index in [-0.39, 0.29) is 6.04 Å². The molecule has 0 aliphatic rings. The lowest BCUT2D eigenvalue weighted by atomic mass is 10.2. The number of nitrogens with zero attached hydrogens (tertiary/aromatic N) is 1. The largest absolute Gasteiger partial charge is 0.369 e. The molecule has 3 nitrogen and oxygen atoms in total. The molecule has 1 aromatic heterocycles. The molecular weight excluding hydrogens is 186 g/mol. The van der Waals surface area contributed by atoms with E-state index in [1.54, 1.807) is 12.3 Å². The van der Waals surface area contributed by atoms with Gasteiger partial charge in [-0.05, 0) is 18.6 Å². The molecular formula is C9H14ClN3. The summed E-state index contributed by atoms with van der Waals surface area (Å²) in [7, 11) is 0. The van der Waals surface area contributed by atoms with Crippen molar-refractivity contribution in [2.75, 3.05) is 11.9 Å². The van der Waals surface area contributed by atoms with Gasteiger partial charge in [-0.25, -0.2) is 4.98 Å². The van der Waals surface area contributed by atoms with E-state index in [9.17, 15) is 0 Å². The number of hydrogen-bond acceptors (Lipinski definition) is 3. The van der Waals surface area contributed by atoms with Crippen molar-refractivity contribution in [2.24, 2.45) is 5.73 Å². The van der Waals surface area contributed by atoms with Crippen LogP contribution in [0.3, 0.4) is 0 Å². The lowest BCUT2D eigenvalue weighted by Crippen LogP contribution is -2.28. The number of nitrogens with one attached hydrogen (secondary N) is 1. The maximum absolute atomic E-state index is 5.73. The number of halogens is 1. The molecule has 1 atom stereocenters. The highest BCUT2D eigenvalue weighted by molar-refractivity contribution is 6.30. The minimum Gasteiger partial charge on any atom is -0.369 e. The molecule has 0 saturated heterocycles. The Labute approximate surface area is 83.3 Å². The molecule has 0 radical (unpaired) electrons. The highest BCUT2D eigenvalue weighted by Gasteiger charge is 1.98. The Morgan fingerprint density at radius 3 is 2.92 bits per heavy atom. The van der Waals surface area contributed by atoms with Crippen molar-refractivity contribution in [3.8, 4) is 0 Å². The second-order valence-electron chi connectivity index (χ2n) is 2.91. The molecule has 0 aliphatic carbocycles. The summed E-state index contributed by atoms with van der Waals surface area (Å²) in [4.78, 5) is 4.09. The molecule has 0 fully saturated rings. The van der Waals surface area contributed by atoms with E-state index < -0.39 is 0 Å². The predicted molar refractivity (Wildman–Crippen MR) is 56.0 cm³/mol. The van der Waals surface area contributed by atoms with E-state index in [1.165, 1.54) is 0 Å². The van der Waals surface area contributed by atoms with Crippen molar-refractivity contribution >= 4 is 17.4 Å². The Balaban J connectivity index is 2.41. The molecule has 4 heteroatoms. The van der Waals surface area contributed by atoms with Crippen molar-refractivity contribution in [3.63, 3.8) is 0 Å². The third-order valence-electron chi connectivity index (χ3n) is 1.80. The number of nitrogens with two attached hydrogens (primary N) is 1. The Kier molecular flexibility index (Phi) is 3.99. The van der Waals surface area contributed by atoms with Gasteiger partial charge in [0.25, 0.3) is 0 Å². The molecule has 0 aromatic carbocycles. The predicted octanol–water partition coefficient (Wildman–Crippen LogP) is 1.88. The molecule has 0 bridgehead atoms. The molecule has 1 unspecified atom stereocenters. The van der Waals surface area contributed by atoms with E-state index in [0.717, 1.165) is 18.8 Å². The summed E-state index contributed by atoms with van der Waals surface area (Å²) >= 11 is 5.69. The maximum atomic E-state index is 5.73. The van der Waals surface area contributed by atoms with Crippen molar-refractivity contribution < 1.29 is 0 Å². The fourth-order valence-electron chi connectivity index (χ4n) is 0.860. The molecule has 1 aromatic rings. The van der Waals surface area contributed by atoms with Crippen LogP contribution in [0.25, 0.3) is 0 Å². The van der Waals surface area contributed by atoms with E-state index >= 15 is 0 Å². The third kappa shape index (κ3) is 3.61. The Morgan fingerprint density at radius 1 is 1.62 bits per heavy atom. The molecule has 0 amide bonds. The first-order chi connectivity index (χ1) is 6.22. The van der Waals surface area contributed by atoms with Gasteiger partial charge in [0, 0.05) is 18.8 Å². The number of anilines is 1. The van der Waals surface area contributed by atoms with Crippen molar-refractivity contribution in [2.45, 2.75) is 19.4 Å². The Morgan fingerprint density at radius 2 is 2.38 bits per heavy atom. The topological polar surface area (TPSA) is 50.9 Å². The lowest BCUT2D eigenvalue weighted by molar-refractivity contribution is 0.678. The average molecular weight is 200 g/mol. The first kappa shape index (κ1) is 10.3. The SMILES string of the molecule is CCC(N)CNc1ccc(Cl)cn1. The van der Waals surface area contributed by atoms with E-state index in [1.807, 2.05) is 6.07 Å². The summed E-state index contributed by atoms with van der Waals surface area (Å²) < 4.78 is 0. The van der Waals surface area contributed by atoms with Gasteiger partial charge in [0.2, 0.25) is 0 Å². The van der Waals surface area contributed by atoms with Crippen LogP contribution in [0.15, 0.2) is 18.3 Å². The minimum atomic E-state index is 0.178. The fraction of sp³-hybridized carbons (Fsp3) is 0.444. The molecule has 3 N–H and O–H groups in total. The van der Waals surface area contributed by atoms with E-state index in [4.69, 9.17) is 17.3 Å². The Hall–Kier alpha value is -0.800. The number of aromatic nitrogens is 1. The standard InChI is InChI=1S/C9H14ClN3/c1-2-8(11)6-13-9-4-3-7(10)5-12-9/h3-5,8H,2,6,11H2,1H3,(H,12,13). The summed E-state index contributed by atoms with van der Waals surface area (Å²) in [5, 5.41) is 3.77. The summed E-state index contributed by atoms with van der Waals surface area (Å²) in [5.41, 5.74) is 5.73. The minimum absolute atomic E-state index is 0.178. The van der Waals surface area contributed by atoms with Gasteiger partial charge < -0.3 is 11.1 Å². The number of hydrogen-bond donors (Lipinski definition) is 2. The highest BCUT2D eigenvalue weighted by Crippen LogP contribution is 2.09. The summed E-state index contributed by atoms with van der Waals surface area (Å²) in [6.07, 6.45) is 2.57. The second kappa shape index (κ2) is 5.04. The van der Waals surface area contributed by atoms with Gasteiger partial charge in [0.15, 0.2) is 0 Å². The van der Waals surface area contributed by atoms with Gasteiger partial charge >= 0.3 is 0 Å². The fourth-order valence-corrected chi connectivity index (χ4v) is 0.972. The van der Waals surface area contributed by atoms with Gasteiger partial charge in [-0.1, -0.05) is 18.5 Å². The number of pyridine rings is 1. The first-order valence-corrected chi connectivity index (χ1v) is 4.71. The molecule has 0 aliphatic heterocycles. The monoisotopic (exact) mass is 199 g/mol. The third-order valence-corrected chi connectivity index (χ3v) is 2.02. The van der Waals surface area contributed by atoms with E-state index in [2.05, 4.69) is 17.2 Å². The molecule has 0 spiro atoms. The van der Waals surface area contributed by atoms with Crippen molar-refractivity contribution in [3.05, 3.63) is 23.4 Å². The summed E-state index contributed by atoms with van der Waals surface area (Å²) in [6, 6.07) is 3.82. The van der Waals surface area contributed by atoms with Crippen LogP contribution in [0.2, 0.25) is 5.02 Å². The molecule has 72 valence electrons. The average Bonchev–Trinajstić information content (AvgIpc) is 2.16. The van der Waals surface area contributed by atoms with Crippen molar-refractivity contribution in [1.29, 1.82) is 0 Å². The van der Waals surface area contributed by atoms with Gasteiger partial charge in [0.1, 0.15) is 5.82 Å². The zero-order valence-electron chi connectivity index (χ0n) is 7.63. The molecule has 1 heterocycles. The zero-order valence-corrected chi connectivity index (χ0v) is 8.38. The van der Waals surface area contributed by atoms with Crippen LogP contribution in [-0.4, -0.2) is 17.6 Å². The van der Waals surface area contributed by atoms with Gasteiger partial charge in [0.05, 0.1) is 5.02 Å². The summed E-state index contributed by atoms with van der Waals surface area (Å²) in [5.74, 6) is 0.813. The Bertz CT molecular complexity index is 248. The van der Waals surface area contributed by atoms with Crippen LogP contribution >= 0.6 is 11.6 Å². The smallest absolute Gasteiger partial charge is 0.126 e. The highest BCUT2D eigenvalue weighted by atomic mass is 35.5. The molecule has 13 heavy (non-hydrogen) atoms.